The number of halogens is 2. The highest BCUT2D eigenvalue weighted by atomic mass is 32.1. The van der Waals surface area contributed by atoms with E-state index < -0.39 is 11.6 Å². The van der Waals surface area contributed by atoms with Crippen LogP contribution in [0, 0.1) is 18.6 Å². The second kappa shape index (κ2) is 5.92. The van der Waals surface area contributed by atoms with E-state index in [4.69, 9.17) is 18.0 Å². The van der Waals surface area contributed by atoms with Gasteiger partial charge in [-0.25, -0.2) is 13.8 Å². The Bertz CT molecular complexity index is 659. The van der Waals surface area contributed by atoms with Crippen LogP contribution in [-0.4, -0.2) is 9.97 Å². The molecular formula is C14H13F2N3S. The summed E-state index contributed by atoms with van der Waals surface area (Å²) in [5.74, 6) is -1.22. The fourth-order valence-corrected chi connectivity index (χ4v) is 2.10. The topological polar surface area (TPSA) is 50.9 Å². The average molecular weight is 293 g/mol. The van der Waals surface area contributed by atoms with E-state index in [1.54, 1.807) is 12.3 Å². The van der Waals surface area contributed by atoms with Crippen molar-refractivity contribution in [2.24, 2.45) is 5.73 Å². The van der Waals surface area contributed by atoms with Crippen molar-refractivity contribution in [3.63, 3.8) is 0 Å². The third kappa shape index (κ3) is 3.08. The van der Waals surface area contributed by atoms with Gasteiger partial charge in [0.1, 0.15) is 10.8 Å². The number of nitrogens with zero attached hydrogens (tertiary/aromatic N) is 1. The summed E-state index contributed by atoms with van der Waals surface area (Å²) in [5.41, 5.74) is 7.83. The summed E-state index contributed by atoms with van der Waals surface area (Å²) in [6, 6.07) is 5.53. The molecule has 104 valence electrons. The van der Waals surface area contributed by atoms with E-state index in [9.17, 15) is 8.78 Å². The minimum absolute atomic E-state index is 0.239. The molecule has 0 fully saturated rings. The number of thiocarbonyl (C=S) groups is 1. The average Bonchev–Trinajstić information content (AvgIpc) is 2.39. The molecule has 3 N–H and O–H groups in total. The Kier molecular flexibility index (Phi) is 4.24. The molecule has 2 rings (SSSR count). The molecule has 0 aliphatic rings. The third-order valence-corrected chi connectivity index (χ3v) is 3.05. The van der Waals surface area contributed by atoms with Crippen LogP contribution in [0.15, 0.2) is 30.5 Å². The van der Waals surface area contributed by atoms with Crippen molar-refractivity contribution in [1.29, 1.82) is 0 Å². The second-order valence-electron chi connectivity index (χ2n) is 4.32. The molecule has 0 aliphatic heterocycles. The van der Waals surface area contributed by atoms with Crippen molar-refractivity contribution in [1.82, 2.24) is 4.98 Å². The molecular weight excluding hydrogens is 280 g/mol. The van der Waals surface area contributed by atoms with Crippen molar-refractivity contribution in [3.05, 3.63) is 58.8 Å². The lowest BCUT2D eigenvalue weighted by Gasteiger charge is -2.12. The number of aryl methyl sites for hydroxylation is 1. The zero-order chi connectivity index (χ0) is 14.7. The smallest absolute Gasteiger partial charge is 0.159 e. The van der Waals surface area contributed by atoms with Crippen LogP contribution >= 0.6 is 12.2 Å². The number of benzene rings is 1. The maximum absolute atomic E-state index is 13.1. The van der Waals surface area contributed by atoms with Crippen LogP contribution in [0.1, 0.15) is 16.7 Å². The standard InChI is InChI=1S/C14H13F2N3S/c1-8-4-5-18-14(12(8)13(17)20)19-7-9-2-3-10(15)11(16)6-9/h2-6H,7H2,1H3,(H2,17,20)(H,18,19). The van der Waals surface area contributed by atoms with Gasteiger partial charge >= 0.3 is 0 Å². The molecule has 6 heteroatoms. The molecule has 0 bridgehead atoms. The largest absolute Gasteiger partial charge is 0.389 e. The first-order chi connectivity index (χ1) is 9.49. The highest BCUT2D eigenvalue weighted by molar-refractivity contribution is 7.80. The Hall–Kier alpha value is -2.08. The first kappa shape index (κ1) is 14.3. The normalized spacial score (nSPS) is 10.3. The number of hydrogen-bond acceptors (Lipinski definition) is 3. The van der Waals surface area contributed by atoms with Gasteiger partial charge in [-0.15, -0.1) is 0 Å². The molecule has 20 heavy (non-hydrogen) atoms. The van der Waals surface area contributed by atoms with Gasteiger partial charge in [-0.1, -0.05) is 18.3 Å². The number of anilines is 1. The summed E-state index contributed by atoms with van der Waals surface area (Å²) in [6.07, 6.45) is 1.63. The van der Waals surface area contributed by atoms with E-state index in [1.165, 1.54) is 6.07 Å². The van der Waals surface area contributed by atoms with Gasteiger partial charge in [0.05, 0.1) is 5.56 Å². The van der Waals surface area contributed by atoms with E-state index in [-0.39, 0.29) is 4.99 Å². The quantitative estimate of drug-likeness (QED) is 0.851. The van der Waals surface area contributed by atoms with Crippen molar-refractivity contribution in [2.75, 3.05) is 5.32 Å². The molecule has 0 saturated heterocycles. The number of hydrogen-bond donors (Lipinski definition) is 2. The van der Waals surface area contributed by atoms with E-state index in [1.807, 2.05) is 6.92 Å². The van der Waals surface area contributed by atoms with Crippen LogP contribution in [0.4, 0.5) is 14.6 Å². The minimum Gasteiger partial charge on any atom is -0.389 e. The lowest BCUT2D eigenvalue weighted by atomic mass is 10.1. The summed E-state index contributed by atoms with van der Waals surface area (Å²) < 4.78 is 26.0. The molecule has 0 radical (unpaired) electrons. The van der Waals surface area contributed by atoms with E-state index in [2.05, 4.69) is 10.3 Å². The van der Waals surface area contributed by atoms with Crippen LogP contribution in [0.25, 0.3) is 0 Å². The van der Waals surface area contributed by atoms with Crippen LogP contribution in [0.2, 0.25) is 0 Å². The Morgan fingerprint density at radius 3 is 2.70 bits per heavy atom. The first-order valence-electron chi connectivity index (χ1n) is 5.92. The third-order valence-electron chi connectivity index (χ3n) is 2.85. The van der Waals surface area contributed by atoms with Crippen LogP contribution < -0.4 is 11.1 Å². The van der Waals surface area contributed by atoms with Gasteiger partial charge in [0.25, 0.3) is 0 Å². The molecule has 0 unspecified atom stereocenters. The fraction of sp³-hybridized carbons (Fsp3) is 0.143. The lowest BCUT2D eigenvalue weighted by Crippen LogP contribution is -2.16. The van der Waals surface area contributed by atoms with Gasteiger partial charge in [-0.2, -0.15) is 0 Å². The van der Waals surface area contributed by atoms with Crippen molar-refractivity contribution in [2.45, 2.75) is 13.5 Å². The molecule has 0 atom stereocenters. The Morgan fingerprint density at radius 1 is 1.30 bits per heavy atom. The maximum Gasteiger partial charge on any atom is 0.159 e. The van der Waals surface area contributed by atoms with E-state index in [0.717, 1.165) is 17.7 Å². The molecule has 1 aromatic heterocycles. The molecule has 0 saturated carbocycles. The number of nitrogens with two attached hydrogens (primary N) is 1. The Morgan fingerprint density at radius 2 is 2.05 bits per heavy atom. The molecule has 1 aromatic carbocycles. The predicted molar refractivity (Wildman–Crippen MR) is 78.5 cm³/mol. The van der Waals surface area contributed by atoms with E-state index >= 15 is 0 Å². The molecule has 2 aromatic rings. The first-order valence-corrected chi connectivity index (χ1v) is 6.33. The van der Waals surface area contributed by atoms with Gasteiger partial charge in [0.15, 0.2) is 11.6 Å². The lowest BCUT2D eigenvalue weighted by molar-refractivity contribution is 0.507. The highest BCUT2D eigenvalue weighted by Gasteiger charge is 2.10. The van der Waals surface area contributed by atoms with Crippen LogP contribution in [0.3, 0.4) is 0 Å². The van der Waals surface area contributed by atoms with Gasteiger partial charge in [-0.05, 0) is 36.2 Å². The summed E-state index contributed by atoms with van der Waals surface area (Å²) in [7, 11) is 0. The molecule has 1 heterocycles. The predicted octanol–water partition coefficient (Wildman–Crippen LogP) is 2.91. The van der Waals surface area contributed by atoms with Crippen LogP contribution in [0.5, 0.6) is 0 Å². The summed E-state index contributed by atoms with van der Waals surface area (Å²) in [5, 5.41) is 3.03. The highest BCUT2D eigenvalue weighted by Crippen LogP contribution is 2.18. The summed E-state index contributed by atoms with van der Waals surface area (Å²) >= 11 is 4.99. The van der Waals surface area contributed by atoms with Gasteiger partial charge in [0, 0.05) is 12.7 Å². The fourth-order valence-electron chi connectivity index (χ4n) is 1.84. The number of rotatable bonds is 4. The summed E-state index contributed by atoms with van der Waals surface area (Å²) in [4.78, 5) is 4.41. The van der Waals surface area contributed by atoms with Crippen molar-refractivity contribution >= 4 is 23.0 Å². The SMILES string of the molecule is Cc1ccnc(NCc2ccc(F)c(F)c2)c1C(N)=S. The Balaban J connectivity index is 2.21. The number of nitrogens with one attached hydrogen (secondary N) is 1. The molecule has 0 aliphatic carbocycles. The number of pyridine rings is 1. The van der Waals surface area contributed by atoms with Crippen molar-refractivity contribution in [3.8, 4) is 0 Å². The minimum atomic E-state index is -0.879. The second-order valence-corrected chi connectivity index (χ2v) is 4.76. The maximum atomic E-state index is 13.1. The van der Waals surface area contributed by atoms with Crippen LogP contribution in [-0.2, 0) is 6.54 Å². The van der Waals surface area contributed by atoms with Gasteiger partial charge in [0.2, 0.25) is 0 Å². The van der Waals surface area contributed by atoms with E-state index in [0.29, 0.717) is 23.5 Å². The molecule has 0 spiro atoms. The van der Waals surface area contributed by atoms with Crippen molar-refractivity contribution < 1.29 is 8.78 Å². The monoisotopic (exact) mass is 293 g/mol. The zero-order valence-corrected chi connectivity index (χ0v) is 11.6. The number of aromatic nitrogens is 1. The molecule has 0 amide bonds. The Labute approximate surface area is 120 Å². The summed E-state index contributed by atoms with van der Waals surface area (Å²) in [6.45, 7) is 2.17. The van der Waals surface area contributed by atoms with Gasteiger partial charge < -0.3 is 11.1 Å². The van der Waals surface area contributed by atoms with Gasteiger partial charge in [-0.3, -0.25) is 0 Å². The zero-order valence-electron chi connectivity index (χ0n) is 10.8. The molecule has 3 nitrogen and oxygen atoms in total.